The smallest absolute Gasteiger partial charge is 0.335 e. The highest BCUT2D eigenvalue weighted by Gasteiger charge is 2.29. The van der Waals surface area contributed by atoms with Crippen LogP contribution in [0.25, 0.3) is 0 Å². The van der Waals surface area contributed by atoms with E-state index in [1.807, 2.05) is 32.9 Å². The summed E-state index contributed by atoms with van der Waals surface area (Å²) in [5, 5.41) is 40.2. The summed E-state index contributed by atoms with van der Waals surface area (Å²) >= 11 is 6.46. The lowest BCUT2D eigenvalue weighted by Crippen LogP contribution is -2.39. The van der Waals surface area contributed by atoms with Gasteiger partial charge < -0.3 is 35.8 Å². The minimum atomic E-state index is -2.27. The zero-order valence-electron chi connectivity index (χ0n) is 21.5. The highest BCUT2D eigenvalue weighted by molar-refractivity contribution is 6.33. The van der Waals surface area contributed by atoms with E-state index in [1.54, 1.807) is 12.3 Å². The third-order valence-corrected chi connectivity index (χ3v) is 6.06. The second-order valence-electron chi connectivity index (χ2n) is 9.70. The van der Waals surface area contributed by atoms with Crippen LogP contribution < -0.4 is 15.4 Å². The molecule has 0 saturated heterocycles. The number of carboxylic acid groups (broad SMARTS) is 2. The molecule has 0 bridgehead atoms. The highest BCUT2D eigenvalue weighted by atomic mass is 35.5. The molecule has 38 heavy (non-hydrogen) atoms. The lowest BCUT2D eigenvalue weighted by Gasteiger charge is -2.17. The van der Waals surface area contributed by atoms with Crippen LogP contribution in [0.5, 0.6) is 5.88 Å². The molecule has 0 saturated carbocycles. The summed E-state index contributed by atoms with van der Waals surface area (Å²) in [6.45, 7) is 8.26. The zero-order valence-corrected chi connectivity index (χ0v) is 22.3. The first-order valence-corrected chi connectivity index (χ1v) is 12.4. The quantitative estimate of drug-likeness (QED) is 0.268. The van der Waals surface area contributed by atoms with E-state index in [0.717, 1.165) is 42.2 Å². The number of carboxylic acids is 2. The molecular weight excluding hydrogens is 518 g/mol. The molecule has 0 radical (unpaired) electrons. The van der Waals surface area contributed by atoms with E-state index < -0.39 is 29.6 Å². The fraction of sp³-hybridized carbons (Fsp3) is 0.462. The Labute approximate surface area is 225 Å². The molecular formula is C26H34ClN3O8. The number of fused-ring (bicyclic) bond motifs is 1. The molecule has 208 valence electrons. The Kier molecular flexibility index (Phi) is 11.5. The third-order valence-electron chi connectivity index (χ3n) is 5.74. The van der Waals surface area contributed by atoms with Crippen molar-refractivity contribution in [3.8, 4) is 5.88 Å². The van der Waals surface area contributed by atoms with Crippen molar-refractivity contribution < 1.29 is 39.5 Å². The number of nitrogens with one attached hydrogen (secondary N) is 2. The second-order valence-corrected chi connectivity index (χ2v) is 10.1. The average molecular weight is 552 g/mol. The number of aromatic nitrogens is 1. The molecule has 0 amide bonds. The number of carbonyl (C=O) groups is 3. The van der Waals surface area contributed by atoms with E-state index >= 15 is 0 Å². The van der Waals surface area contributed by atoms with Crippen molar-refractivity contribution in [2.24, 2.45) is 5.41 Å². The number of carbonyl (C=O) groups excluding carboxylic acids is 1. The summed E-state index contributed by atoms with van der Waals surface area (Å²) < 4.78 is 5.51. The number of nitrogens with zero attached hydrogens (tertiary/aromatic N) is 1. The summed E-state index contributed by atoms with van der Waals surface area (Å²) in [4.78, 5) is 35.8. The highest BCUT2D eigenvalue weighted by Crippen LogP contribution is 2.31. The van der Waals surface area contributed by atoms with Crippen molar-refractivity contribution in [1.82, 2.24) is 10.3 Å². The summed E-state index contributed by atoms with van der Waals surface area (Å²) in [5.41, 5.74) is 4.27. The fourth-order valence-corrected chi connectivity index (χ4v) is 3.60. The van der Waals surface area contributed by atoms with Crippen LogP contribution in [-0.2, 0) is 33.8 Å². The van der Waals surface area contributed by atoms with E-state index in [1.165, 1.54) is 11.1 Å². The number of benzene rings is 1. The summed E-state index contributed by atoms with van der Waals surface area (Å²) in [7, 11) is 0. The Morgan fingerprint density at radius 2 is 1.68 bits per heavy atom. The van der Waals surface area contributed by atoms with Gasteiger partial charge in [-0.1, -0.05) is 44.5 Å². The van der Waals surface area contributed by atoms with Crippen LogP contribution in [0, 0.1) is 5.41 Å². The van der Waals surface area contributed by atoms with Gasteiger partial charge in [0.15, 0.2) is 18.0 Å². The minimum absolute atomic E-state index is 0.0356. The Hall–Kier alpha value is -3.25. The Morgan fingerprint density at radius 3 is 2.24 bits per heavy atom. The lowest BCUT2D eigenvalue weighted by atomic mass is 9.91. The van der Waals surface area contributed by atoms with Crippen LogP contribution in [0.2, 0.25) is 5.02 Å². The van der Waals surface area contributed by atoms with E-state index in [9.17, 15) is 14.4 Å². The van der Waals surface area contributed by atoms with Crippen molar-refractivity contribution >= 4 is 35.0 Å². The predicted molar refractivity (Wildman–Crippen MR) is 141 cm³/mol. The number of ether oxygens (including phenoxy) is 1. The number of aliphatic hydroxyl groups excluding tert-OH is 2. The van der Waals surface area contributed by atoms with Gasteiger partial charge in [0.25, 0.3) is 0 Å². The van der Waals surface area contributed by atoms with Gasteiger partial charge in [-0.25, -0.2) is 14.6 Å². The average Bonchev–Trinajstić information content (AvgIpc) is 3.11. The molecule has 1 aliphatic rings. The molecule has 0 spiro atoms. The van der Waals surface area contributed by atoms with Crippen LogP contribution in [0.1, 0.15) is 37.5 Å². The summed E-state index contributed by atoms with van der Waals surface area (Å²) in [6.07, 6.45) is -0.788. The third kappa shape index (κ3) is 9.25. The van der Waals surface area contributed by atoms with Gasteiger partial charge in [-0.05, 0) is 48.7 Å². The van der Waals surface area contributed by atoms with Gasteiger partial charge in [-0.2, -0.15) is 0 Å². The molecule has 0 aliphatic carbocycles. The fourth-order valence-electron chi connectivity index (χ4n) is 3.35. The number of anilines is 1. The normalized spacial score (nSPS) is 14.6. The molecule has 12 heteroatoms. The van der Waals surface area contributed by atoms with Crippen LogP contribution >= 0.6 is 11.6 Å². The van der Waals surface area contributed by atoms with Crippen LogP contribution in [-0.4, -0.2) is 75.0 Å². The SMILES string of the molecule is CC(C)(C)C(=O)COc1ccc(CNc2c(Cl)ccc3c2CCNCC3)cn1.O=C(O)C(O)C(O)C(=O)O. The first kappa shape index (κ1) is 31.0. The number of rotatable bonds is 9. The van der Waals surface area contributed by atoms with Crippen molar-refractivity contribution in [3.05, 3.63) is 52.2 Å². The van der Waals surface area contributed by atoms with E-state index in [0.29, 0.717) is 12.4 Å². The van der Waals surface area contributed by atoms with Gasteiger partial charge in [0.05, 0.1) is 10.7 Å². The monoisotopic (exact) mass is 551 g/mol. The number of hydrogen-bond acceptors (Lipinski definition) is 9. The molecule has 0 fully saturated rings. The Bertz CT molecular complexity index is 1100. The molecule has 2 atom stereocenters. The van der Waals surface area contributed by atoms with Crippen molar-refractivity contribution in [2.75, 3.05) is 25.0 Å². The minimum Gasteiger partial charge on any atom is -0.479 e. The molecule has 2 heterocycles. The van der Waals surface area contributed by atoms with Gasteiger partial charge in [-0.3, -0.25) is 4.79 Å². The van der Waals surface area contributed by atoms with Crippen LogP contribution in [0.4, 0.5) is 5.69 Å². The zero-order chi connectivity index (χ0) is 28.5. The maximum Gasteiger partial charge on any atom is 0.335 e. The summed E-state index contributed by atoms with van der Waals surface area (Å²) in [6, 6.07) is 7.84. The number of aliphatic hydroxyl groups is 2. The maximum absolute atomic E-state index is 12.0. The number of aliphatic carboxylic acids is 2. The topological polar surface area (TPSA) is 178 Å². The largest absolute Gasteiger partial charge is 0.479 e. The van der Waals surface area contributed by atoms with Crippen molar-refractivity contribution in [2.45, 2.75) is 52.4 Å². The molecule has 3 rings (SSSR count). The van der Waals surface area contributed by atoms with Crippen molar-refractivity contribution in [3.63, 3.8) is 0 Å². The molecule has 1 aromatic carbocycles. The number of pyridine rings is 1. The van der Waals surface area contributed by atoms with Gasteiger partial charge in [0.1, 0.15) is 6.61 Å². The van der Waals surface area contributed by atoms with Gasteiger partial charge in [0, 0.05) is 24.2 Å². The van der Waals surface area contributed by atoms with E-state index in [4.69, 9.17) is 36.8 Å². The number of hydrogen-bond donors (Lipinski definition) is 6. The standard InChI is InChI=1S/C22H28ClN3O2.C4H6O6/c1-22(2,3)19(27)14-28-20-7-4-15(12-25-20)13-26-21-17-9-11-24-10-8-16(17)5-6-18(21)23;5-1(3(7)8)2(6)4(9)10/h4-7,12,24,26H,8-11,13-14H2,1-3H3;1-2,5-6H,(H,7,8)(H,9,10). The molecule has 1 aliphatic heterocycles. The van der Waals surface area contributed by atoms with E-state index in [2.05, 4.69) is 21.7 Å². The molecule has 11 nitrogen and oxygen atoms in total. The Morgan fingerprint density at radius 1 is 1.05 bits per heavy atom. The van der Waals surface area contributed by atoms with Crippen molar-refractivity contribution in [1.29, 1.82) is 0 Å². The van der Waals surface area contributed by atoms with Gasteiger partial charge >= 0.3 is 11.9 Å². The summed E-state index contributed by atoms with van der Waals surface area (Å²) in [5.74, 6) is -3.03. The van der Waals surface area contributed by atoms with E-state index in [-0.39, 0.29) is 12.4 Å². The van der Waals surface area contributed by atoms with Gasteiger partial charge in [0.2, 0.25) is 5.88 Å². The molecule has 2 unspecified atom stereocenters. The first-order chi connectivity index (χ1) is 17.8. The first-order valence-electron chi connectivity index (χ1n) is 12.0. The number of halogens is 1. The molecule has 1 aromatic heterocycles. The molecule has 2 aromatic rings. The number of Topliss-reactive ketones (excluding diaryl/α,β-unsaturated/α-hetero) is 1. The number of ketones is 1. The lowest BCUT2D eigenvalue weighted by molar-refractivity contribution is -0.165. The van der Waals surface area contributed by atoms with Crippen LogP contribution in [0.3, 0.4) is 0 Å². The van der Waals surface area contributed by atoms with Crippen LogP contribution in [0.15, 0.2) is 30.5 Å². The molecule has 6 N–H and O–H groups in total. The van der Waals surface area contributed by atoms with Gasteiger partial charge in [-0.15, -0.1) is 0 Å². The maximum atomic E-state index is 12.0. The Balaban J connectivity index is 0.000000432. The second kappa shape index (κ2) is 14.1. The predicted octanol–water partition coefficient (Wildman–Crippen LogP) is 1.91.